The number of hydrogen-bond donors (Lipinski definition) is 0. The number of rotatable bonds is 7. The molecule has 1 aromatic carbocycles. The minimum atomic E-state index is -1.19. The maximum Gasteiger partial charge on any atom is 0.194 e. The summed E-state index contributed by atoms with van der Waals surface area (Å²) < 4.78 is 4.49. The summed E-state index contributed by atoms with van der Waals surface area (Å²) in [6.07, 6.45) is 8.41. The highest BCUT2D eigenvalue weighted by Gasteiger charge is 2.16. The molecular weight excluding hydrogens is 327 g/mol. The lowest BCUT2D eigenvalue weighted by molar-refractivity contribution is 0.361. The van der Waals surface area contributed by atoms with Crippen molar-refractivity contribution >= 4 is 34.8 Å². The number of halogens is 3. The standard InChI is InChI=1S/C17H21Cl3O/c1-14(7-4-3-5-11-17(18,19)20)10-12-21-16-9-6-8-15(2)13-16/h3,5-6,8-10,13H,4,7,11-12H2,1-2H3. The number of ether oxygens (including phenoxy) is 1. The summed E-state index contributed by atoms with van der Waals surface area (Å²) >= 11 is 17.0. The first-order chi connectivity index (χ1) is 9.87. The van der Waals surface area contributed by atoms with E-state index in [2.05, 4.69) is 26.0 Å². The van der Waals surface area contributed by atoms with Crippen LogP contribution in [0.5, 0.6) is 5.75 Å². The molecule has 1 nitrogen and oxygen atoms in total. The van der Waals surface area contributed by atoms with Crippen LogP contribution in [0.2, 0.25) is 0 Å². The zero-order valence-electron chi connectivity index (χ0n) is 12.4. The smallest absolute Gasteiger partial charge is 0.194 e. The monoisotopic (exact) mass is 346 g/mol. The molecular formula is C17H21Cl3O. The van der Waals surface area contributed by atoms with E-state index in [1.165, 1.54) is 11.1 Å². The number of hydrogen-bond acceptors (Lipinski definition) is 1. The van der Waals surface area contributed by atoms with Gasteiger partial charge in [-0.2, -0.15) is 0 Å². The van der Waals surface area contributed by atoms with Crippen molar-refractivity contribution < 1.29 is 4.74 Å². The van der Waals surface area contributed by atoms with Gasteiger partial charge in [0.1, 0.15) is 12.4 Å². The molecule has 21 heavy (non-hydrogen) atoms. The van der Waals surface area contributed by atoms with Gasteiger partial charge in [0.15, 0.2) is 3.79 Å². The normalized spacial score (nSPS) is 12.9. The molecule has 116 valence electrons. The molecule has 0 saturated heterocycles. The first-order valence-electron chi connectivity index (χ1n) is 6.93. The molecule has 0 aliphatic heterocycles. The van der Waals surface area contributed by atoms with Gasteiger partial charge in [-0.25, -0.2) is 0 Å². The molecule has 0 spiro atoms. The van der Waals surface area contributed by atoms with Crippen molar-refractivity contribution in [3.05, 3.63) is 53.6 Å². The fourth-order valence-electron chi connectivity index (χ4n) is 1.73. The van der Waals surface area contributed by atoms with Gasteiger partial charge in [0.25, 0.3) is 0 Å². The molecule has 0 bridgehead atoms. The molecule has 0 aromatic heterocycles. The third kappa shape index (κ3) is 9.84. The lowest BCUT2D eigenvalue weighted by atomic mass is 10.1. The van der Waals surface area contributed by atoms with Crippen molar-refractivity contribution in [2.75, 3.05) is 6.61 Å². The number of allylic oxidation sites excluding steroid dienone is 3. The fourth-order valence-corrected chi connectivity index (χ4v) is 2.00. The van der Waals surface area contributed by atoms with E-state index in [4.69, 9.17) is 39.5 Å². The Morgan fingerprint density at radius 1 is 1.24 bits per heavy atom. The van der Waals surface area contributed by atoms with Crippen LogP contribution in [-0.4, -0.2) is 10.4 Å². The highest BCUT2D eigenvalue weighted by molar-refractivity contribution is 6.67. The molecule has 0 N–H and O–H groups in total. The number of alkyl halides is 3. The van der Waals surface area contributed by atoms with Crippen LogP contribution in [0.15, 0.2) is 48.1 Å². The Balaban J connectivity index is 2.24. The van der Waals surface area contributed by atoms with Gasteiger partial charge in [-0.1, -0.05) is 64.7 Å². The van der Waals surface area contributed by atoms with Crippen LogP contribution in [0.25, 0.3) is 0 Å². The quantitative estimate of drug-likeness (QED) is 0.408. The highest BCUT2D eigenvalue weighted by atomic mass is 35.6. The summed E-state index contributed by atoms with van der Waals surface area (Å²) in [6.45, 7) is 4.74. The Labute approximate surface area is 142 Å². The van der Waals surface area contributed by atoms with E-state index in [9.17, 15) is 0 Å². The van der Waals surface area contributed by atoms with Gasteiger partial charge in [-0.05, 0) is 50.5 Å². The lowest BCUT2D eigenvalue weighted by Gasteiger charge is -2.06. The van der Waals surface area contributed by atoms with Crippen LogP contribution in [0.4, 0.5) is 0 Å². The maximum absolute atomic E-state index is 5.68. The second kappa shape index (κ2) is 9.40. The first-order valence-corrected chi connectivity index (χ1v) is 8.07. The van der Waals surface area contributed by atoms with E-state index >= 15 is 0 Å². The number of aryl methyl sites for hydroxylation is 1. The van der Waals surface area contributed by atoms with Crippen LogP contribution in [0.1, 0.15) is 31.7 Å². The van der Waals surface area contributed by atoms with Crippen molar-refractivity contribution in [1.82, 2.24) is 0 Å². The van der Waals surface area contributed by atoms with E-state index in [0.717, 1.165) is 18.6 Å². The van der Waals surface area contributed by atoms with Gasteiger partial charge in [0, 0.05) is 6.42 Å². The Morgan fingerprint density at radius 2 is 2.00 bits per heavy atom. The minimum absolute atomic E-state index is 0.441. The van der Waals surface area contributed by atoms with Crippen molar-refractivity contribution in [3.63, 3.8) is 0 Å². The molecule has 0 saturated carbocycles. The second-order valence-electron chi connectivity index (χ2n) is 5.01. The third-order valence-corrected chi connectivity index (χ3v) is 3.36. The Kier molecular flexibility index (Phi) is 8.24. The van der Waals surface area contributed by atoms with Crippen LogP contribution >= 0.6 is 34.8 Å². The Morgan fingerprint density at radius 3 is 2.67 bits per heavy atom. The van der Waals surface area contributed by atoms with Gasteiger partial charge in [-0.15, -0.1) is 0 Å². The molecule has 0 radical (unpaired) electrons. The molecule has 0 amide bonds. The van der Waals surface area contributed by atoms with E-state index in [-0.39, 0.29) is 0 Å². The van der Waals surface area contributed by atoms with E-state index in [1.54, 1.807) is 0 Å². The topological polar surface area (TPSA) is 9.23 Å². The summed E-state index contributed by atoms with van der Waals surface area (Å²) in [4.78, 5) is 0. The zero-order valence-corrected chi connectivity index (χ0v) is 14.7. The summed E-state index contributed by atoms with van der Waals surface area (Å²) in [5, 5.41) is 0. The molecule has 0 atom stereocenters. The SMILES string of the molecule is CC(=CCOc1cccc(C)c1)CCC=CCC(Cl)(Cl)Cl. The Hall–Kier alpha value is -0.630. The van der Waals surface area contributed by atoms with Gasteiger partial charge >= 0.3 is 0 Å². The predicted octanol–water partition coefficient (Wildman–Crippen LogP) is 6.42. The molecule has 1 rings (SSSR count). The molecule has 4 heteroatoms. The molecule has 0 unspecified atom stereocenters. The minimum Gasteiger partial charge on any atom is -0.490 e. The zero-order chi connectivity index (χ0) is 15.7. The summed E-state index contributed by atoms with van der Waals surface area (Å²) in [6, 6.07) is 8.05. The van der Waals surface area contributed by atoms with E-state index in [0.29, 0.717) is 13.0 Å². The maximum atomic E-state index is 5.68. The molecule has 1 aromatic rings. The average molecular weight is 348 g/mol. The Bertz CT molecular complexity index is 487. The van der Waals surface area contributed by atoms with E-state index in [1.807, 2.05) is 30.4 Å². The first kappa shape index (κ1) is 18.4. The average Bonchev–Trinajstić information content (AvgIpc) is 2.37. The molecule has 0 heterocycles. The van der Waals surface area contributed by atoms with E-state index < -0.39 is 3.79 Å². The highest BCUT2D eigenvalue weighted by Crippen LogP contribution is 2.30. The van der Waals surface area contributed by atoms with Crippen LogP contribution < -0.4 is 4.74 Å². The lowest BCUT2D eigenvalue weighted by Crippen LogP contribution is -1.97. The van der Waals surface area contributed by atoms with Crippen molar-refractivity contribution in [3.8, 4) is 5.75 Å². The molecule has 0 aliphatic carbocycles. The predicted molar refractivity (Wildman–Crippen MR) is 93.7 cm³/mol. The van der Waals surface area contributed by atoms with Gasteiger partial charge in [0.2, 0.25) is 0 Å². The van der Waals surface area contributed by atoms with Crippen LogP contribution in [0, 0.1) is 6.92 Å². The van der Waals surface area contributed by atoms with Crippen molar-refractivity contribution in [1.29, 1.82) is 0 Å². The summed E-state index contributed by atoms with van der Waals surface area (Å²) in [5.41, 5.74) is 2.49. The van der Waals surface area contributed by atoms with Crippen LogP contribution in [-0.2, 0) is 0 Å². The van der Waals surface area contributed by atoms with Gasteiger partial charge in [0.05, 0.1) is 0 Å². The summed E-state index contributed by atoms with van der Waals surface area (Å²) in [5.74, 6) is 0.904. The van der Waals surface area contributed by atoms with Crippen molar-refractivity contribution in [2.45, 2.75) is 36.9 Å². The molecule has 0 fully saturated rings. The fraction of sp³-hybridized carbons (Fsp3) is 0.412. The molecule has 0 aliphatic rings. The largest absolute Gasteiger partial charge is 0.490 e. The van der Waals surface area contributed by atoms with Gasteiger partial charge < -0.3 is 4.74 Å². The number of benzene rings is 1. The van der Waals surface area contributed by atoms with Crippen LogP contribution in [0.3, 0.4) is 0 Å². The van der Waals surface area contributed by atoms with Gasteiger partial charge in [-0.3, -0.25) is 0 Å². The summed E-state index contributed by atoms with van der Waals surface area (Å²) in [7, 11) is 0. The van der Waals surface area contributed by atoms with Crippen molar-refractivity contribution in [2.24, 2.45) is 0 Å². The third-order valence-electron chi connectivity index (χ3n) is 2.89. The second-order valence-corrected chi connectivity index (χ2v) is 7.52.